The Labute approximate surface area is 118 Å². The predicted molar refractivity (Wildman–Crippen MR) is 80.4 cm³/mol. The molecular weight excluding hydrogens is 250 g/mol. The quantitative estimate of drug-likeness (QED) is 0.870. The second kappa shape index (κ2) is 5.63. The van der Waals surface area contributed by atoms with Gasteiger partial charge in [-0.25, -0.2) is 0 Å². The van der Waals surface area contributed by atoms with Gasteiger partial charge in [0.1, 0.15) is 5.75 Å². The summed E-state index contributed by atoms with van der Waals surface area (Å²) in [6.45, 7) is 1.78. The van der Waals surface area contributed by atoms with Gasteiger partial charge < -0.3 is 10.1 Å². The molecule has 0 aromatic heterocycles. The summed E-state index contributed by atoms with van der Waals surface area (Å²) in [6.07, 6.45) is 2.02. The van der Waals surface area contributed by atoms with Crippen LogP contribution in [-0.2, 0) is 0 Å². The molecule has 0 aliphatic carbocycles. The molecule has 1 unspecified atom stereocenters. The van der Waals surface area contributed by atoms with Crippen LogP contribution in [-0.4, -0.2) is 26.0 Å². The van der Waals surface area contributed by atoms with E-state index >= 15 is 0 Å². The minimum atomic E-state index is 0.0588. The molecule has 0 radical (unpaired) electrons. The van der Waals surface area contributed by atoms with E-state index in [0.717, 1.165) is 42.3 Å². The van der Waals surface area contributed by atoms with Crippen molar-refractivity contribution in [2.45, 2.75) is 12.8 Å². The standard InChI is InChI=1S/C17H19NO2/c1-20-15-9-8-12-5-2-3-7-14(12)16(15)17(19)13-6-4-10-18-11-13/h2-3,5,7-9,13,18H,4,6,10-11H2,1H3. The number of carbonyl (C=O) groups is 1. The molecule has 1 heterocycles. The van der Waals surface area contributed by atoms with Crippen molar-refractivity contribution in [1.82, 2.24) is 5.32 Å². The molecule has 3 heteroatoms. The van der Waals surface area contributed by atoms with Crippen molar-refractivity contribution in [1.29, 1.82) is 0 Å². The number of hydrogen-bond donors (Lipinski definition) is 1. The Morgan fingerprint density at radius 3 is 2.85 bits per heavy atom. The van der Waals surface area contributed by atoms with Crippen molar-refractivity contribution in [3.8, 4) is 5.75 Å². The fourth-order valence-corrected chi connectivity index (χ4v) is 2.96. The summed E-state index contributed by atoms with van der Waals surface area (Å²) in [6, 6.07) is 11.9. The summed E-state index contributed by atoms with van der Waals surface area (Å²) in [5.74, 6) is 0.938. The van der Waals surface area contributed by atoms with Crippen LogP contribution in [0.25, 0.3) is 10.8 Å². The van der Waals surface area contributed by atoms with Gasteiger partial charge in [0.05, 0.1) is 12.7 Å². The van der Waals surface area contributed by atoms with Crippen molar-refractivity contribution in [2.24, 2.45) is 5.92 Å². The van der Waals surface area contributed by atoms with E-state index in [2.05, 4.69) is 5.32 Å². The Morgan fingerprint density at radius 2 is 2.10 bits per heavy atom. The summed E-state index contributed by atoms with van der Waals surface area (Å²) in [5.41, 5.74) is 0.735. The van der Waals surface area contributed by atoms with Crippen LogP contribution in [0, 0.1) is 5.92 Å². The molecular formula is C17H19NO2. The highest BCUT2D eigenvalue weighted by atomic mass is 16.5. The first-order valence-corrected chi connectivity index (χ1v) is 7.12. The lowest BCUT2D eigenvalue weighted by Crippen LogP contribution is -2.34. The van der Waals surface area contributed by atoms with E-state index in [0.29, 0.717) is 5.75 Å². The second-order valence-electron chi connectivity index (χ2n) is 5.27. The van der Waals surface area contributed by atoms with Gasteiger partial charge in [0, 0.05) is 12.5 Å². The number of hydrogen-bond acceptors (Lipinski definition) is 3. The van der Waals surface area contributed by atoms with E-state index in [1.807, 2.05) is 36.4 Å². The lowest BCUT2D eigenvalue weighted by Gasteiger charge is -2.23. The number of piperidine rings is 1. The number of benzene rings is 2. The van der Waals surface area contributed by atoms with Gasteiger partial charge in [-0.3, -0.25) is 4.79 Å². The van der Waals surface area contributed by atoms with Crippen LogP contribution in [0.4, 0.5) is 0 Å². The average molecular weight is 269 g/mol. The molecule has 1 fully saturated rings. The zero-order valence-corrected chi connectivity index (χ0v) is 11.7. The van der Waals surface area contributed by atoms with Crippen LogP contribution < -0.4 is 10.1 Å². The Bertz CT molecular complexity index is 630. The lowest BCUT2D eigenvalue weighted by molar-refractivity contribution is 0.0898. The van der Waals surface area contributed by atoms with Gasteiger partial charge >= 0.3 is 0 Å². The van der Waals surface area contributed by atoms with Gasteiger partial charge in [-0.1, -0.05) is 30.3 Å². The van der Waals surface area contributed by atoms with Crippen LogP contribution in [0.2, 0.25) is 0 Å². The molecule has 1 N–H and O–H groups in total. The van der Waals surface area contributed by atoms with Gasteiger partial charge in [-0.2, -0.15) is 0 Å². The van der Waals surface area contributed by atoms with Gasteiger partial charge in [0.2, 0.25) is 0 Å². The Morgan fingerprint density at radius 1 is 1.25 bits per heavy atom. The number of fused-ring (bicyclic) bond motifs is 1. The molecule has 104 valence electrons. The maximum absolute atomic E-state index is 12.9. The summed E-state index contributed by atoms with van der Waals surface area (Å²) < 4.78 is 5.42. The van der Waals surface area contributed by atoms with E-state index in [9.17, 15) is 4.79 Å². The molecule has 3 rings (SSSR count). The van der Waals surface area contributed by atoms with E-state index < -0.39 is 0 Å². The fraction of sp³-hybridized carbons (Fsp3) is 0.353. The third kappa shape index (κ3) is 2.29. The molecule has 1 aliphatic rings. The Kier molecular flexibility index (Phi) is 3.70. The first kappa shape index (κ1) is 13.1. The van der Waals surface area contributed by atoms with Crippen molar-refractivity contribution < 1.29 is 9.53 Å². The van der Waals surface area contributed by atoms with Crippen LogP contribution in [0.15, 0.2) is 36.4 Å². The van der Waals surface area contributed by atoms with Crippen molar-refractivity contribution in [2.75, 3.05) is 20.2 Å². The summed E-state index contributed by atoms with van der Waals surface area (Å²) in [5, 5.41) is 5.38. The molecule has 3 nitrogen and oxygen atoms in total. The van der Waals surface area contributed by atoms with Crippen LogP contribution >= 0.6 is 0 Å². The molecule has 1 aliphatic heterocycles. The third-order valence-corrected chi connectivity index (χ3v) is 4.02. The number of rotatable bonds is 3. The fourth-order valence-electron chi connectivity index (χ4n) is 2.96. The monoisotopic (exact) mass is 269 g/mol. The van der Waals surface area contributed by atoms with Gasteiger partial charge in [0.15, 0.2) is 5.78 Å². The first-order chi connectivity index (χ1) is 9.81. The number of ketones is 1. The minimum absolute atomic E-state index is 0.0588. The Hall–Kier alpha value is -1.87. The van der Waals surface area contributed by atoms with Gasteiger partial charge in [-0.15, -0.1) is 0 Å². The molecule has 1 saturated heterocycles. The van der Waals surface area contributed by atoms with Crippen LogP contribution in [0.1, 0.15) is 23.2 Å². The maximum Gasteiger partial charge on any atom is 0.171 e. The molecule has 20 heavy (non-hydrogen) atoms. The summed E-state index contributed by atoms with van der Waals surface area (Å²) in [4.78, 5) is 12.9. The minimum Gasteiger partial charge on any atom is -0.496 e. The molecule has 2 aromatic rings. The van der Waals surface area contributed by atoms with E-state index in [1.165, 1.54) is 0 Å². The predicted octanol–water partition coefficient (Wildman–Crippen LogP) is 3.03. The largest absolute Gasteiger partial charge is 0.496 e. The van der Waals surface area contributed by atoms with Gasteiger partial charge in [-0.05, 0) is 36.2 Å². The van der Waals surface area contributed by atoms with Crippen LogP contribution in [0.5, 0.6) is 5.75 Å². The van der Waals surface area contributed by atoms with Gasteiger partial charge in [0.25, 0.3) is 0 Å². The number of carbonyl (C=O) groups excluding carboxylic acids is 1. The number of Topliss-reactive ketones (excluding diaryl/α,β-unsaturated/α-hetero) is 1. The normalized spacial score (nSPS) is 18.9. The summed E-state index contributed by atoms with van der Waals surface area (Å²) >= 11 is 0. The van der Waals surface area contributed by atoms with Crippen LogP contribution in [0.3, 0.4) is 0 Å². The number of nitrogens with one attached hydrogen (secondary N) is 1. The highest BCUT2D eigenvalue weighted by Gasteiger charge is 2.26. The third-order valence-electron chi connectivity index (χ3n) is 4.02. The molecule has 0 spiro atoms. The number of methoxy groups -OCH3 is 1. The molecule has 0 bridgehead atoms. The molecule has 0 saturated carbocycles. The zero-order chi connectivity index (χ0) is 13.9. The van der Waals surface area contributed by atoms with E-state index in [4.69, 9.17) is 4.74 Å². The van der Waals surface area contributed by atoms with Crippen molar-refractivity contribution >= 4 is 16.6 Å². The summed E-state index contributed by atoms with van der Waals surface area (Å²) in [7, 11) is 1.63. The second-order valence-corrected chi connectivity index (χ2v) is 5.27. The average Bonchev–Trinajstić information content (AvgIpc) is 2.54. The topological polar surface area (TPSA) is 38.3 Å². The lowest BCUT2D eigenvalue weighted by atomic mass is 9.88. The molecule has 1 atom stereocenters. The smallest absolute Gasteiger partial charge is 0.171 e. The zero-order valence-electron chi connectivity index (χ0n) is 11.7. The highest BCUT2D eigenvalue weighted by molar-refractivity contribution is 6.11. The number of ether oxygens (including phenoxy) is 1. The SMILES string of the molecule is COc1ccc2ccccc2c1C(=O)C1CCCNC1. The molecule has 0 amide bonds. The maximum atomic E-state index is 12.9. The van der Waals surface area contributed by atoms with E-state index in [1.54, 1.807) is 7.11 Å². The van der Waals surface area contributed by atoms with Crippen molar-refractivity contribution in [3.05, 3.63) is 42.0 Å². The van der Waals surface area contributed by atoms with E-state index in [-0.39, 0.29) is 11.7 Å². The first-order valence-electron chi connectivity index (χ1n) is 7.12. The molecule has 2 aromatic carbocycles. The van der Waals surface area contributed by atoms with Crippen molar-refractivity contribution in [3.63, 3.8) is 0 Å². The Balaban J connectivity index is 2.10. The highest BCUT2D eigenvalue weighted by Crippen LogP contribution is 2.31.